The highest BCUT2D eigenvalue weighted by Crippen LogP contribution is 2.41. The Bertz CT molecular complexity index is 983. The van der Waals surface area contributed by atoms with Gasteiger partial charge < -0.3 is 15.0 Å². The van der Waals surface area contributed by atoms with Crippen molar-refractivity contribution in [3.8, 4) is 0 Å². The molecule has 0 bridgehead atoms. The van der Waals surface area contributed by atoms with Crippen molar-refractivity contribution in [2.75, 3.05) is 13.7 Å². The number of Topliss-reactive ketones (excluding diaryl/α,β-unsaturated/α-hetero) is 1. The molecule has 2 unspecified atom stereocenters. The molecular formula is C21H23FN2O4. The van der Waals surface area contributed by atoms with Gasteiger partial charge in [0.2, 0.25) is 0 Å². The van der Waals surface area contributed by atoms with Gasteiger partial charge >= 0.3 is 0 Å². The Morgan fingerprint density at radius 3 is 2.71 bits per heavy atom. The van der Waals surface area contributed by atoms with Crippen LogP contribution in [0.5, 0.6) is 0 Å². The topological polar surface area (TPSA) is 88.4 Å². The normalized spacial score (nSPS) is 18.0. The highest BCUT2D eigenvalue weighted by molar-refractivity contribution is 6.00. The van der Waals surface area contributed by atoms with E-state index in [0.717, 1.165) is 6.42 Å². The Balaban J connectivity index is 1.98. The Labute approximate surface area is 162 Å². The van der Waals surface area contributed by atoms with Gasteiger partial charge in [-0.15, -0.1) is 0 Å². The summed E-state index contributed by atoms with van der Waals surface area (Å²) in [6.45, 7) is 1.60. The lowest BCUT2D eigenvalue weighted by Crippen LogP contribution is -2.32. The molecular weight excluding hydrogens is 363 g/mol. The number of nitrogens with zero attached hydrogens (tertiary/aromatic N) is 1. The first kappa shape index (κ1) is 19.9. The molecule has 1 fully saturated rings. The minimum Gasteiger partial charge on any atom is -0.396 e. The summed E-state index contributed by atoms with van der Waals surface area (Å²) in [5.74, 6) is -0.969. The van der Waals surface area contributed by atoms with Gasteiger partial charge in [0.15, 0.2) is 5.78 Å². The number of aryl methyl sites for hydroxylation is 1. The number of nitrogens with one attached hydrogen (secondary N) is 1. The van der Waals surface area contributed by atoms with Gasteiger partial charge in [-0.25, -0.2) is 4.39 Å². The van der Waals surface area contributed by atoms with Crippen molar-refractivity contribution in [2.24, 2.45) is 11.8 Å². The fraction of sp³-hybridized carbons (Fsp3) is 0.381. The fourth-order valence-electron chi connectivity index (χ4n) is 3.36. The van der Waals surface area contributed by atoms with E-state index in [1.807, 2.05) is 0 Å². The molecule has 1 aliphatic carbocycles. The molecule has 1 aromatic carbocycles. The van der Waals surface area contributed by atoms with E-state index in [4.69, 9.17) is 5.11 Å². The predicted molar refractivity (Wildman–Crippen MR) is 102 cm³/mol. The first-order chi connectivity index (χ1) is 13.3. The van der Waals surface area contributed by atoms with E-state index in [1.165, 1.54) is 23.9 Å². The number of aliphatic hydroxyl groups is 1. The first-order valence-electron chi connectivity index (χ1n) is 9.20. The minimum atomic E-state index is -0.599. The quantitative estimate of drug-likeness (QED) is 0.712. The van der Waals surface area contributed by atoms with Gasteiger partial charge in [0.1, 0.15) is 11.4 Å². The van der Waals surface area contributed by atoms with Crippen molar-refractivity contribution < 1.29 is 19.1 Å². The molecule has 28 heavy (non-hydrogen) atoms. The maximum atomic E-state index is 14.4. The third kappa shape index (κ3) is 4.04. The van der Waals surface area contributed by atoms with Crippen molar-refractivity contribution in [1.29, 1.82) is 0 Å². The monoisotopic (exact) mass is 386 g/mol. The highest BCUT2D eigenvalue weighted by Gasteiger charge is 2.38. The van der Waals surface area contributed by atoms with Crippen LogP contribution in [-0.2, 0) is 6.54 Å². The van der Waals surface area contributed by atoms with Crippen molar-refractivity contribution >= 4 is 11.7 Å². The average molecular weight is 386 g/mol. The van der Waals surface area contributed by atoms with Crippen LogP contribution in [0.1, 0.15) is 44.7 Å². The lowest BCUT2D eigenvalue weighted by atomic mass is 10.0. The van der Waals surface area contributed by atoms with Crippen molar-refractivity contribution in [1.82, 2.24) is 9.88 Å². The molecule has 0 radical (unpaired) electrons. The largest absolute Gasteiger partial charge is 0.396 e. The van der Waals surface area contributed by atoms with E-state index >= 15 is 0 Å². The molecule has 7 heteroatoms. The van der Waals surface area contributed by atoms with E-state index in [0.29, 0.717) is 11.1 Å². The van der Waals surface area contributed by atoms with Crippen molar-refractivity contribution in [3.05, 3.63) is 68.9 Å². The average Bonchev–Trinajstić information content (AvgIpc) is 3.44. The Morgan fingerprint density at radius 1 is 1.32 bits per heavy atom. The van der Waals surface area contributed by atoms with Crippen LogP contribution < -0.4 is 10.9 Å². The van der Waals surface area contributed by atoms with E-state index in [9.17, 15) is 18.8 Å². The number of halogens is 1. The van der Waals surface area contributed by atoms with E-state index in [-0.39, 0.29) is 48.3 Å². The van der Waals surface area contributed by atoms with Crippen LogP contribution in [0.3, 0.4) is 0 Å². The maximum Gasteiger partial charge on any atom is 0.263 e. The Morgan fingerprint density at radius 2 is 2.07 bits per heavy atom. The first-order valence-corrected chi connectivity index (χ1v) is 9.20. The van der Waals surface area contributed by atoms with Gasteiger partial charge in [-0.05, 0) is 36.8 Å². The molecule has 2 aromatic rings. The lowest BCUT2D eigenvalue weighted by Gasteiger charge is -2.12. The van der Waals surface area contributed by atoms with Crippen molar-refractivity contribution in [2.45, 2.75) is 26.3 Å². The number of aromatic nitrogens is 1. The molecule has 1 aromatic heterocycles. The van der Waals surface area contributed by atoms with E-state index in [2.05, 4.69) is 5.32 Å². The number of carbonyl (C=O) groups excluding carboxylic acids is 2. The zero-order chi connectivity index (χ0) is 20.4. The molecule has 148 valence electrons. The van der Waals surface area contributed by atoms with E-state index in [1.54, 1.807) is 25.1 Å². The number of benzene rings is 1. The van der Waals surface area contributed by atoms with Crippen LogP contribution in [-0.4, -0.2) is 35.0 Å². The van der Waals surface area contributed by atoms with Crippen molar-refractivity contribution in [3.63, 3.8) is 0 Å². The summed E-state index contributed by atoms with van der Waals surface area (Å²) in [6.07, 6.45) is 2.42. The molecule has 3 rings (SSSR count). The molecule has 1 aliphatic rings. The summed E-state index contributed by atoms with van der Waals surface area (Å²) in [7, 11) is 1.40. The Hall–Kier alpha value is -2.80. The number of rotatable bonds is 7. The SMILES string of the molecule is CNC(=O)c1cc(C(=O)CC2CC2CO)cn(Cc2cccc(C)c2F)c1=O. The molecule has 1 saturated carbocycles. The Kier molecular flexibility index (Phi) is 5.74. The summed E-state index contributed by atoms with van der Waals surface area (Å²) in [5, 5.41) is 11.6. The van der Waals surface area contributed by atoms with Gasteiger partial charge in [0, 0.05) is 37.4 Å². The fourth-order valence-corrected chi connectivity index (χ4v) is 3.36. The van der Waals surface area contributed by atoms with Gasteiger partial charge in [0.05, 0.1) is 6.54 Å². The highest BCUT2D eigenvalue weighted by atomic mass is 19.1. The number of amides is 1. The number of ketones is 1. The number of aliphatic hydroxyl groups excluding tert-OH is 1. The summed E-state index contributed by atoms with van der Waals surface area (Å²) >= 11 is 0. The van der Waals surface area contributed by atoms with Gasteiger partial charge in [-0.3, -0.25) is 14.4 Å². The number of hydrogen-bond acceptors (Lipinski definition) is 4. The van der Waals surface area contributed by atoms with Crippen LogP contribution in [0.25, 0.3) is 0 Å². The molecule has 1 amide bonds. The van der Waals surface area contributed by atoms with Crippen LogP contribution in [0.4, 0.5) is 4.39 Å². The lowest BCUT2D eigenvalue weighted by molar-refractivity contribution is 0.0961. The summed E-state index contributed by atoms with van der Waals surface area (Å²) in [4.78, 5) is 37.5. The van der Waals surface area contributed by atoms with Gasteiger partial charge in [-0.1, -0.05) is 18.2 Å². The second-order valence-electron chi connectivity index (χ2n) is 7.27. The number of hydrogen-bond donors (Lipinski definition) is 2. The van der Waals surface area contributed by atoms with Gasteiger partial charge in [-0.2, -0.15) is 0 Å². The third-order valence-electron chi connectivity index (χ3n) is 5.24. The summed E-state index contributed by atoms with van der Waals surface area (Å²) in [6, 6.07) is 6.18. The van der Waals surface area contributed by atoms with E-state index < -0.39 is 17.3 Å². The van der Waals surface area contributed by atoms with Crippen LogP contribution in [0, 0.1) is 24.6 Å². The zero-order valence-electron chi connectivity index (χ0n) is 15.9. The standard InChI is InChI=1S/C21H23FN2O4/c1-12-4-3-5-13(19(12)22)9-24-10-15(7-17(21(24)28)20(27)23-2)18(26)8-14-6-16(14)11-25/h3-5,7,10,14,16,25H,6,8-9,11H2,1-2H3,(H,23,27). The molecule has 6 nitrogen and oxygen atoms in total. The molecule has 0 aliphatic heterocycles. The summed E-state index contributed by atoms with van der Waals surface area (Å²) < 4.78 is 15.6. The third-order valence-corrected chi connectivity index (χ3v) is 5.24. The maximum absolute atomic E-state index is 14.4. The molecule has 0 spiro atoms. The molecule has 1 heterocycles. The van der Waals surface area contributed by atoms with Crippen LogP contribution in [0.15, 0.2) is 35.3 Å². The summed E-state index contributed by atoms with van der Waals surface area (Å²) in [5.41, 5.74) is 0.243. The van der Waals surface area contributed by atoms with Crippen LogP contribution in [0.2, 0.25) is 0 Å². The smallest absolute Gasteiger partial charge is 0.263 e. The molecule has 0 saturated heterocycles. The second kappa shape index (κ2) is 8.06. The molecule has 2 N–H and O–H groups in total. The predicted octanol–water partition coefficient (Wildman–Crippen LogP) is 1.90. The second-order valence-corrected chi connectivity index (χ2v) is 7.27. The van der Waals surface area contributed by atoms with Crippen LogP contribution >= 0.6 is 0 Å². The number of pyridine rings is 1. The minimum absolute atomic E-state index is 0.0492. The zero-order valence-corrected chi connectivity index (χ0v) is 15.9. The molecule has 2 atom stereocenters. The van der Waals surface area contributed by atoms with Gasteiger partial charge in [0.25, 0.3) is 11.5 Å². The number of carbonyl (C=O) groups is 2.